The fourth-order valence-corrected chi connectivity index (χ4v) is 5.49. The van der Waals surface area contributed by atoms with Gasteiger partial charge < -0.3 is 10.1 Å². The van der Waals surface area contributed by atoms with E-state index >= 15 is 0 Å². The van der Waals surface area contributed by atoms with Crippen molar-refractivity contribution in [2.75, 3.05) is 25.5 Å². The van der Waals surface area contributed by atoms with Crippen LogP contribution >= 0.6 is 34.8 Å². The van der Waals surface area contributed by atoms with Gasteiger partial charge >= 0.3 is 0 Å². The van der Waals surface area contributed by atoms with E-state index in [1.165, 1.54) is 35.7 Å². The van der Waals surface area contributed by atoms with E-state index in [9.17, 15) is 13.2 Å². The number of carbonyl (C=O) groups is 1. The first-order chi connectivity index (χ1) is 13.7. The number of benzene rings is 2. The minimum Gasteiger partial charge on any atom is -0.495 e. The van der Waals surface area contributed by atoms with E-state index in [2.05, 4.69) is 5.32 Å². The number of carbonyl (C=O) groups excluding carboxylic acids is 1. The molecule has 1 aliphatic heterocycles. The summed E-state index contributed by atoms with van der Waals surface area (Å²) in [6.45, 7) is 0.403. The number of nitrogens with zero attached hydrogens (tertiary/aromatic N) is 1. The molecule has 156 valence electrons. The number of amides is 1. The summed E-state index contributed by atoms with van der Waals surface area (Å²) in [6.07, 6.45) is 1.14. The maximum Gasteiger partial charge on any atom is 0.243 e. The molecule has 0 unspecified atom stereocenters. The van der Waals surface area contributed by atoms with E-state index in [0.717, 1.165) is 0 Å². The van der Waals surface area contributed by atoms with Crippen molar-refractivity contribution in [3.63, 3.8) is 0 Å². The van der Waals surface area contributed by atoms with Gasteiger partial charge in [0.2, 0.25) is 15.9 Å². The number of sulfonamides is 1. The molecule has 0 radical (unpaired) electrons. The van der Waals surface area contributed by atoms with Gasteiger partial charge in [-0.25, -0.2) is 8.42 Å². The lowest BCUT2D eigenvalue weighted by atomic mass is 9.99. The van der Waals surface area contributed by atoms with Crippen molar-refractivity contribution in [1.82, 2.24) is 4.31 Å². The zero-order valence-corrected chi connectivity index (χ0v) is 18.6. The molecule has 2 aromatic rings. The van der Waals surface area contributed by atoms with Gasteiger partial charge in [-0.1, -0.05) is 34.8 Å². The fraction of sp³-hybridized carbons (Fsp3) is 0.316. The van der Waals surface area contributed by atoms with Crippen LogP contribution in [-0.4, -0.2) is 38.8 Å². The standard InChI is InChI=1S/C19H19Cl3N2O4S/c1-28-18-7-5-14(10-16(18)22)29(26,27)24-8-2-3-12(11-24)19(25)23-17-6-4-13(20)9-15(17)21/h4-7,9-10,12H,2-3,8,11H2,1H3,(H,23,25)/t12-/m1/s1. The average molecular weight is 478 g/mol. The molecule has 2 aromatic carbocycles. The molecular weight excluding hydrogens is 459 g/mol. The average Bonchev–Trinajstić information content (AvgIpc) is 2.70. The van der Waals surface area contributed by atoms with Crippen LogP contribution in [0.5, 0.6) is 5.75 Å². The maximum atomic E-state index is 13.0. The highest BCUT2D eigenvalue weighted by Gasteiger charge is 2.33. The first-order valence-electron chi connectivity index (χ1n) is 8.82. The SMILES string of the molecule is COc1ccc(S(=O)(=O)N2CCC[C@@H](C(=O)Nc3ccc(Cl)cc3Cl)C2)cc1Cl. The Kier molecular flexibility index (Phi) is 6.96. The van der Waals surface area contributed by atoms with Gasteiger partial charge in [0.25, 0.3) is 0 Å². The Morgan fingerprint density at radius 2 is 1.90 bits per heavy atom. The summed E-state index contributed by atoms with van der Waals surface area (Å²) in [4.78, 5) is 12.7. The predicted octanol–water partition coefficient (Wildman–Crippen LogP) is 4.69. The number of piperidine rings is 1. The quantitative estimate of drug-likeness (QED) is 0.677. The van der Waals surface area contributed by atoms with Crippen molar-refractivity contribution in [2.45, 2.75) is 17.7 Å². The summed E-state index contributed by atoms with van der Waals surface area (Å²) in [5.74, 6) is -0.401. The molecule has 0 bridgehead atoms. The van der Waals surface area contributed by atoms with Crippen molar-refractivity contribution in [2.24, 2.45) is 5.92 Å². The Balaban J connectivity index is 1.75. The normalized spacial score (nSPS) is 17.7. The Labute approximate surface area is 184 Å². The molecule has 0 aromatic heterocycles. The molecule has 10 heteroatoms. The van der Waals surface area contributed by atoms with Crippen LogP contribution in [0.25, 0.3) is 0 Å². The molecule has 0 aliphatic carbocycles. The molecule has 0 saturated carbocycles. The van der Waals surface area contributed by atoms with E-state index in [4.69, 9.17) is 39.5 Å². The van der Waals surface area contributed by atoms with Crippen LogP contribution in [0.15, 0.2) is 41.3 Å². The molecule has 1 amide bonds. The van der Waals surface area contributed by atoms with Crippen molar-refractivity contribution < 1.29 is 17.9 Å². The van der Waals surface area contributed by atoms with Crippen LogP contribution in [-0.2, 0) is 14.8 Å². The van der Waals surface area contributed by atoms with Crippen molar-refractivity contribution >= 4 is 56.4 Å². The second-order valence-electron chi connectivity index (χ2n) is 6.61. The van der Waals surface area contributed by atoms with Gasteiger partial charge in [0, 0.05) is 18.1 Å². The third-order valence-electron chi connectivity index (χ3n) is 4.70. The third-order valence-corrected chi connectivity index (χ3v) is 7.41. The lowest BCUT2D eigenvalue weighted by molar-refractivity contribution is -0.120. The summed E-state index contributed by atoms with van der Waals surface area (Å²) in [6, 6.07) is 9.06. The van der Waals surface area contributed by atoms with Gasteiger partial charge in [0.1, 0.15) is 5.75 Å². The summed E-state index contributed by atoms with van der Waals surface area (Å²) in [5, 5.41) is 3.74. The molecule has 0 spiro atoms. The lowest BCUT2D eigenvalue weighted by Gasteiger charge is -2.31. The van der Waals surface area contributed by atoms with Crippen LogP contribution in [0.1, 0.15) is 12.8 Å². The lowest BCUT2D eigenvalue weighted by Crippen LogP contribution is -2.43. The summed E-state index contributed by atoms with van der Waals surface area (Å²) < 4.78 is 32.4. The van der Waals surface area contributed by atoms with E-state index in [-0.39, 0.29) is 22.4 Å². The molecule has 29 heavy (non-hydrogen) atoms. The number of hydrogen-bond acceptors (Lipinski definition) is 4. The van der Waals surface area contributed by atoms with Crippen LogP contribution < -0.4 is 10.1 Å². The van der Waals surface area contributed by atoms with Crippen molar-refractivity contribution in [3.8, 4) is 5.75 Å². The second-order valence-corrected chi connectivity index (χ2v) is 9.80. The number of hydrogen-bond donors (Lipinski definition) is 1. The first-order valence-corrected chi connectivity index (χ1v) is 11.4. The Morgan fingerprint density at radius 1 is 1.14 bits per heavy atom. The monoisotopic (exact) mass is 476 g/mol. The number of ether oxygens (including phenoxy) is 1. The topological polar surface area (TPSA) is 75.7 Å². The highest BCUT2D eigenvalue weighted by molar-refractivity contribution is 7.89. The molecular formula is C19H19Cl3N2O4S. The van der Waals surface area contributed by atoms with E-state index < -0.39 is 15.9 Å². The second kappa shape index (κ2) is 9.10. The molecule has 1 fully saturated rings. The molecule has 1 N–H and O–H groups in total. The molecule has 3 rings (SSSR count). The number of anilines is 1. The van der Waals surface area contributed by atoms with Crippen molar-refractivity contribution in [3.05, 3.63) is 51.5 Å². The zero-order valence-electron chi connectivity index (χ0n) is 15.5. The van der Waals surface area contributed by atoms with E-state index in [1.807, 2.05) is 0 Å². The first kappa shape index (κ1) is 22.2. The van der Waals surface area contributed by atoms with Crippen LogP contribution in [0.4, 0.5) is 5.69 Å². The largest absolute Gasteiger partial charge is 0.495 e. The van der Waals surface area contributed by atoms with Gasteiger partial charge in [0.15, 0.2) is 0 Å². The Morgan fingerprint density at radius 3 is 2.55 bits per heavy atom. The molecule has 1 aliphatic rings. The van der Waals surface area contributed by atoms with Crippen LogP contribution in [0.2, 0.25) is 15.1 Å². The Hall–Kier alpha value is -1.51. The minimum atomic E-state index is -3.79. The molecule has 1 heterocycles. The predicted molar refractivity (Wildman–Crippen MR) is 115 cm³/mol. The smallest absolute Gasteiger partial charge is 0.243 e. The molecule has 1 saturated heterocycles. The highest BCUT2D eigenvalue weighted by atomic mass is 35.5. The van der Waals surface area contributed by atoms with Gasteiger partial charge in [-0.05, 0) is 49.2 Å². The number of nitrogens with one attached hydrogen (secondary N) is 1. The molecule has 1 atom stereocenters. The van der Waals surface area contributed by atoms with E-state index in [1.54, 1.807) is 12.1 Å². The number of rotatable bonds is 5. The minimum absolute atomic E-state index is 0.0603. The van der Waals surface area contributed by atoms with Gasteiger partial charge in [-0.3, -0.25) is 4.79 Å². The van der Waals surface area contributed by atoms with Crippen molar-refractivity contribution in [1.29, 1.82) is 0 Å². The number of methoxy groups -OCH3 is 1. The Bertz CT molecular complexity index is 1030. The summed E-state index contributed by atoms with van der Waals surface area (Å²) in [7, 11) is -2.34. The highest BCUT2D eigenvalue weighted by Crippen LogP contribution is 2.31. The molecule has 6 nitrogen and oxygen atoms in total. The zero-order chi connectivity index (χ0) is 21.2. The maximum absolute atomic E-state index is 13.0. The van der Waals surface area contributed by atoms with Crippen LogP contribution in [0, 0.1) is 5.92 Å². The number of halogens is 3. The van der Waals surface area contributed by atoms with Gasteiger partial charge in [0.05, 0.1) is 33.7 Å². The van der Waals surface area contributed by atoms with Gasteiger partial charge in [-0.2, -0.15) is 4.31 Å². The fourth-order valence-electron chi connectivity index (χ4n) is 3.16. The van der Waals surface area contributed by atoms with E-state index in [0.29, 0.717) is 40.9 Å². The summed E-state index contributed by atoms with van der Waals surface area (Å²) in [5.41, 5.74) is 0.433. The van der Waals surface area contributed by atoms with Crippen LogP contribution in [0.3, 0.4) is 0 Å². The van der Waals surface area contributed by atoms with Gasteiger partial charge in [-0.15, -0.1) is 0 Å². The summed E-state index contributed by atoms with van der Waals surface area (Å²) >= 11 is 18.1. The third kappa shape index (κ3) is 4.98.